The molecule has 0 heterocycles. The number of hydrogen-bond acceptors (Lipinski definition) is 2. The number of hydrogen-bond donors (Lipinski definition) is 2. The molecule has 1 aromatic rings. The van der Waals surface area contributed by atoms with Crippen LogP contribution in [-0.2, 0) is 0 Å². The molecule has 1 aliphatic rings. The smallest absolute Gasteiger partial charge is 0.126 e. The van der Waals surface area contributed by atoms with Gasteiger partial charge in [-0.1, -0.05) is 11.6 Å². The Kier molecular flexibility index (Phi) is 3.12. The normalized spacial score (nSPS) is 25.5. The minimum Gasteiger partial charge on any atom is -0.391 e. The van der Waals surface area contributed by atoms with Crippen LogP contribution >= 0.6 is 11.6 Å². The van der Waals surface area contributed by atoms with Crippen LogP contribution in [0.15, 0.2) is 18.2 Å². The molecule has 0 saturated heterocycles. The summed E-state index contributed by atoms with van der Waals surface area (Å²) in [6, 6.07) is 4.33. The number of aliphatic hydroxyl groups excluding tert-OH is 1. The van der Waals surface area contributed by atoms with Gasteiger partial charge < -0.3 is 10.4 Å². The molecule has 0 radical (unpaired) electrons. The summed E-state index contributed by atoms with van der Waals surface area (Å²) in [7, 11) is 0. The minimum atomic E-state index is -0.363. The summed E-state index contributed by atoms with van der Waals surface area (Å²) in [5.41, 5.74) is 0.631. The van der Waals surface area contributed by atoms with Crippen molar-refractivity contribution in [2.24, 2.45) is 0 Å². The molecule has 1 aromatic carbocycles. The van der Waals surface area contributed by atoms with E-state index in [1.54, 1.807) is 6.07 Å². The highest BCUT2D eigenvalue weighted by atomic mass is 35.5. The zero-order chi connectivity index (χ0) is 10.8. The van der Waals surface area contributed by atoms with Gasteiger partial charge in [-0.15, -0.1) is 0 Å². The number of benzene rings is 1. The quantitative estimate of drug-likeness (QED) is 0.818. The van der Waals surface area contributed by atoms with Crippen molar-refractivity contribution < 1.29 is 9.50 Å². The van der Waals surface area contributed by atoms with Crippen LogP contribution in [0.25, 0.3) is 0 Å². The van der Waals surface area contributed by atoms with Crippen LogP contribution in [0.2, 0.25) is 5.02 Å². The van der Waals surface area contributed by atoms with Gasteiger partial charge in [0.25, 0.3) is 0 Å². The molecule has 82 valence electrons. The van der Waals surface area contributed by atoms with E-state index in [2.05, 4.69) is 5.32 Å². The van der Waals surface area contributed by atoms with E-state index < -0.39 is 0 Å². The average Bonchev–Trinajstić information content (AvgIpc) is 2.50. The lowest BCUT2D eigenvalue weighted by Crippen LogP contribution is -2.27. The third-order valence-corrected chi connectivity index (χ3v) is 2.91. The Labute approximate surface area is 93.1 Å². The molecular weight excluding hydrogens is 217 g/mol. The van der Waals surface area contributed by atoms with Gasteiger partial charge in [0.15, 0.2) is 0 Å². The maximum absolute atomic E-state index is 13.0. The van der Waals surface area contributed by atoms with Crippen molar-refractivity contribution in [1.29, 1.82) is 0 Å². The third kappa shape index (κ3) is 2.61. The first-order chi connectivity index (χ1) is 7.15. The number of anilines is 1. The number of rotatable bonds is 2. The largest absolute Gasteiger partial charge is 0.391 e. The van der Waals surface area contributed by atoms with Gasteiger partial charge in [-0.05, 0) is 37.5 Å². The standard InChI is InChI=1S/C11H13ClFNO/c12-7-4-8(13)6-9(5-7)14-10-2-1-3-11(10)15/h4-6,10-11,14-15H,1-3H2/t10-,11-/m0/s1. The van der Waals surface area contributed by atoms with Crippen molar-refractivity contribution in [2.75, 3.05) is 5.32 Å². The van der Waals surface area contributed by atoms with E-state index in [1.165, 1.54) is 12.1 Å². The van der Waals surface area contributed by atoms with Crippen LogP contribution in [0.4, 0.5) is 10.1 Å². The summed E-state index contributed by atoms with van der Waals surface area (Å²) in [4.78, 5) is 0. The Balaban J connectivity index is 2.10. The van der Waals surface area contributed by atoms with Crippen molar-refractivity contribution in [2.45, 2.75) is 31.4 Å². The van der Waals surface area contributed by atoms with E-state index in [9.17, 15) is 9.50 Å². The Morgan fingerprint density at radius 2 is 2.13 bits per heavy atom. The van der Waals surface area contributed by atoms with E-state index in [1.807, 2.05) is 0 Å². The predicted octanol–water partition coefficient (Wildman–Crippen LogP) is 2.80. The lowest BCUT2D eigenvalue weighted by Gasteiger charge is -2.17. The van der Waals surface area contributed by atoms with Crippen molar-refractivity contribution in [3.63, 3.8) is 0 Å². The van der Waals surface area contributed by atoms with E-state index in [0.29, 0.717) is 10.7 Å². The van der Waals surface area contributed by atoms with Gasteiger partial charge in [0.2, 0.25) is 0 Å². The highest BCUT2D eigenvalue weighted by Gasteiger charge is 2.24. The van der Waals surface area contributed by atoms with E-state index in [4.69, 9.17) is 11.6 Å². The molecule has 2 nitrogen and oxygen atoms in total. The van der Waals surface area contributed by atoms with E-state index in [-0.39, 0.29) is 18.0 Å². The van der Waals surface area contributed by atoms with E-state index >= 15 is 0 Å². The Bertz CT molecular complexity index is 338. The molecule has 1 fully saturated rings. The van der Waals surface area contributed by atoms with Gasteiger partial charge in [-0.3, -0.25) is 0 Å². The van der Waals surface area contributed by atoms with Crippen LogP contribution < -0.4 is 5.32 Å². The molecule has 4 heteroatoms. The van der Waals surface area contributed by atoms with Crippen LogP contribution in [0.3, 0.4) is 0 Å². The SMILES string of the molecule is O[C@H]1CCC[C@@H]1Nc1cc(F)cc(Cl)c1. The summed E-state index contributed by atoms with van der Waals surface area (Å²) >= 11 is 5.73. The fourth-order valence-corrected chi connectivity index (χ4v) is 2.18. The zero-order valence-corrected chi connectivity index (χ0v) is 8.97. The Hall–Kier alpha value is -0.800. The second-order valence-corrected chi connectivity index (χ2v) is 4.34. The highest BCUT2D eigenvalue weighted by molar-refractivity contribution is 6.30. The molecule has 0 unspecified atom stereocenters. The molecule has 0 amide bonds. The first kappa shape index (κ1) is 10.7. The van der Waals surface area contributed by atoms with Gasteiger partial charge >= 0.3 is 0 Å². The molecule has 15 heavy (non-hydrogen) atoms. The lowest BCUT2D eigenvalue weighted by molar-refractivity contribution is 0.172. The molecule has 2 atom stereocenters. The Morgan fingerprint density at radius 1 is 1.33 bits per heavy atom. The van der Waals surface area contributed by atoms with Crippen molar-refractivity contribution >= 4 is 17.3 Å². The molecule has 2 rings (SSSR count). The monoisotopic (exact) mass is 229 g/mol. The topological polar surface area (TPSA) is 32.3 Å². The molecule has 0 bridgehead atoms. The van der Waals surface area contributed by atoms with Crippen LogP contribution in [-0.4, -0.2) is 17.3 Å². The maximum atomic E-state index is 13.0. The van der Waals surface area contributed by atoms with Gasteiger partial charge in [-0.25, -0.2) is 4.39 Å². The molecule has 2 N–H and O–H groups in total. The van der Waals surface area contributed by atoms with Gasteiger partial charge in [-0.2, -0.15) is 0 Å². The van der Waals surface area contributed by atoms with Crippen molar-refractivity contribution in [3.8, 4) is 0 Å². The van der Waals surface area contributed by atoms with Gasteiger partial charge in [0, 0.05) is 10.7 Å². The minimum absolute atomic E-state index is 0.0165. The molecular formula is C11H13ClFNO. The second kappa shape index (κ2) is 4.37. The predicted molar refractivity (Wildman–Crippen MR) is 58.7 cm³/mol. The number of halogens is 2. The molecule has 0 aliphatic heterocycles. The highest BCUT2D eigenvalue weighted by Crippen LogP contribution is 2.25. The summed E-state index contributed by atoms with van der Waals surface area (Å²) in [5.74, 6) is -0.363. The Morgan fingerprint density at radius 3 is 2.73 bits per heavy atom. The fraction of sp³-hybridized carbons (Fsp3) is 0.455. The summed E-state index contributed by atoms with van der Waals surface area (Å²) in [6.45, 7) is 0. The van der Waals surface area contributed by atoms with Crippen molar-refractivity contribution in [1.82, 2.24) is 0 Å². The van der Waals surface area contributed by atoms with Crippen LogP contribution in [0.5, 0.6) is 0 Å². The molecule has 0 spiro atoms. The zero-order valence-electron chi connectivity index (χ0n) is 8.21. The maximum Gasteiger partial charge on any atom is 0.126 e. The summed E-state index contributed by atoms with van der Waals surface area (Å²) in [5, 5.41) is 13.1. The fourth-order valence-electron chi connectivity index (χ4n) is 1.96. The number of aliphatic hydroxyl groups is 1. The third-order valence-electron chi connectivity index (χ3n) is 2.69. The summed E-state index contributed by atoms with van der Waals surface area (Å²) in [6.07, 6.45) is 2.38. The average molecular weight is 230 g/mol. The van der Waals surface area contributed by atoms with Gasteiger partial charge in [0.1, 0.15) is 5.82 Å². The van der Waals surface area contributed by atoms with Gasteiger partial charge in [0.05, 0.1) is 12.1 Å². The van der Waals surface area contributed by atoms with E-state index in [0.717, 1.165) is 19.3 Å². The molecule has 0 aromatic heterocycles. The number of nitrogens with one attached hydrogen (secondary N) is 1. The second-order valence-electron chi connectivity index (χ2n) is 3.91. The lowest BCUT2D eigenvalue weighted by atomic mass is 10.2. The van der Waals surface area contributed by atoms with Crippen LogP contribution in [0, 0.1) is 5.82 Å². The molecule has 1 aliphatic carbocycles. The van der Waals surface area contributed by atoms with Crippen molar-refractivity contribution in [3.05, 3.63) is 29.0 Å². The van der Waals surface area contributed by atoms with Crippen LogP contribution in [0.1, 0.15) is 19.3 Å². The first-order valence-corrected chi connectivity index (χ1v) is 5.43. The summed E-state index contributed by atoms with van der Waals surface area (Å²) < 4.78 is 13.0. The first-order valence-electron chi connectivity index (χ1n) is 5.06. The molecule has 1 saturated carbocycles.